The summed E-state index contributed by atoms with van der Waals surface area (Å²) >= 11 is 1.56. The van der Waals surface area contributed by atoms with E-state index in [0.29, 0.717) is 11.3 Å². The molecule has 0 unspecified atom stereocenters. The van der Waals surface area contributed by atoms with Crippen LogP contribution in [0.5, 0.6) is 5.75 Å². The van der Waals surface area contributed by atoms with E-state index >= 15 is 0 Å². The molecule has 0 saturated carbocycles. The summed E-state index contributed by atoms with van der Waals surface area (Å²) in [7, 11) is 1.35. The molecule has 0 aliphatic carbocycles. The normalized spacial score (nSPS) is 9.67. The number of benzene rings is 1. The molecule has 0 N–H and O–H groups in total. The Bertz CT molecular complexity index is 710. The number of thiazole rings is 1. The molecule has 1 aromatic heterocycles. The summed E-state index contributed by atoms with van der Waals surface area (Å²) in [5.74, 6) is 5.75. The average Bonchev–Trinajstić information content (AvgIpc) is 2.93. The van der Waals surface area contributed by atoms with Crippen molar-refractivity contribution in [1.82, 2.24) is 4.98 Å². The summed E-state index contributed by atoms with van der Waals surface area (Å²) < 4.78 is 10.3. The molecule has 0 aliphatic rings. The predicted octanol–water partition coefficient (Wildman–Crippen LogP) is 3.31. The lowest BCUT2D eigenvalue weighted by atomic mass is 10.1. The van der Waals surface area contributed by atoms with Crippen molar-refractivity contribution in [2.24, 2.45) is 0 Å². The first-order chi connectivity index (χ1) is 10.1. The maximum atomic E-state index is 11.8. The van der Waals surface area contributed by atoms with Crippen LogP contribution in [0.15, 0.2) is 24.4 Å². The van der Waals surface area contributed by atoms with Crippen LogP contribution in [0.1, 0.15) is 22.2 Å². The molecule has 108 valence electrons. The number of ether oxygens (including phenoxy) is 2. The molecule has 1 aromatic carbocycles. The van der Waals surface area contributed by atoms with Gasteiger partial charge in [-0.3, -0.25) is 0 Å². The van der Waals surface area contributed by atoms with E-state index in [2.05, 4.69) is 16.8 Å². The predicted molar refractivity (Wildman–Crippen MR) is 82.6 cm³/mol. The van der Waals surface area contributed by atoms with Crippen molar-refractivity contribution in [3.8, 4) is 28.2 Å². The van der Waals surface area contributed by atoms with Crippen LogP contribution in [0.25, 0.3) is 10.6 Å². The molecule has 0 bridgehead atoms. The lowest BCUT2D eigenvalue weighted by Crippen LogP contribution is -2.03. The summed E-state index contributed by atoms with van der Waals surface area (Å²) in [5.41, 5.74) is 1.26. The van der Waals surface area contributed by atoms with Crippen LogP contribution in [0.2, 0.25) is 0 Å². The Morgan fingerprint density at radius 3 is 2.81 bits per heavy atom. The Kier molecular flexibility index (Phi) is 4.96. The minimum Gasteiger partial charge on any atom is -0.481 e. The van der Waals surface area contributed by atoms with Crippen molar-refractivity contribution >= 4 is 17.3 Å². The Morgan fingerprint density at radius 1 is 1.38 bits per heavy atom. The van der Waals surface area contributed by atoms with Gasteiger partial charge in [0.1, 0.15) is 17.4 Å². The fourth-order valence-corrected chi connectivity index (χ4v) is 2.47. The van der Waals surface area contributed by atoms with Gasteiger partial charge in [-0.2, -0.15) is 0 Å². The molecule has 0 fully saturated rings. The third-order valence-electron chi connectivity index (χ3n) is 2.68. The minimum absolute atomic E-state index is 0.275. The van der Waals surface area contributed by atoms with Crippen molar-refractivity contribution in [2.45, 2.75) is 13.8 Å². The minimum atomic E-state index is -0.406. The summed E-state index contributed by atoms with van der Waals surface area (Å²) in [5, 5.41) is 0.838. The van der Waals surface area contributed by atoms with E-state index in [9.17, 15) is 4.79 Å². The number of methoxy groups -OCH3 is 1. The van der Waals surface area contributed by atoms with Gasteiger partial charge < -0.3 is 9.47 Å². The van der Waals surface area contributed by atoms with Gasteiger partial charge in [0.2, 0.25) is 0 Å². The number of hydrogen-bond acceptors (Lipinski definition) is 5. The lowest BCUT2D eigenvalue weighted by Gasteiger charge is -2.07. The Morgan fingerprint density at radius 2 is 2.19 bits per heavy atom. The smallest absolute Gasteiger partial charge is 0.338 e. The molecule has 2 aromatic rings. The van der Waals surface area contributed by atoms with Crippen LogP contribution < -0.4 is 4.74 Å². The first kappa shape index (κ1) is 15.1. The topological polar surface area (TPSA) is 48.4 Å². The van der Waals surface area contributed by atoms with E-state index in [4.69, 9.17) is 9.47 Å². The maximum absolute atomic E-state index is 11.8. The Labute approximate surface area is 127 Å². The molecule has 4 nitrogen and oxygen atoms in total. The highest BCUT2D eigenvalue weighted by Crippen LogP contribution is 2.29. The summed E-state index contributed by atoms with van der Waals surface area (Å²) in [6.07, 6.45) is 1.80. The molecule has 1 heterocycles. The van der Waals surface area contributed by atoms with E-state index in [1.165, 1.54) is 7.11 Å². The Hall–Kier alpha value is -2.32. The largest absolute Gasteiger partial charge is 0.481 e. The molecule has 5 heteroatoms. The van der Waals surface area contributed by atoms with Crippen molar-refractivity contribution in [3.05, 3.63) is 34.8 Å². The van der Waals surface area contributed by atoms with Crippen LogP contribution in [-0.2, 0) is 4.74 Å². The zero-order valence-corrected chi connectivity index (χ0v) is 12.9. The van der Waals surface area contributed by atoms with Crippen LogP contribution >= 0.6 is 11.3 Å². The molecule has 21 heavy (non-hydrogen) atoms. The maximum Gasteiger partial charge on any atom is 0.338 e. The van der Waals surface area contributed by atoms with Crippen molar-refractivity contribution in [3.63, 3.8) is 0 Å². The number of hydrogen-bond donors (Lipinski definition) is 0. The second kappa shape index (κ2) is 6.91. The Balaban J connectivity index is 2.40. The summed E-state index contributed by atoms with van der Waals surface area (Å²) in [6.45, 7) is 4.01. The van der Waals surface area contributed by atoms with Gasteiger partial charge in [0, 0.05) is 16.6 Å². The number of aryl methyl sites for hydroxylation is 1. The molecule has 2 rings (SSSR count). The second-order valence-corrected chi connectivity index (χ2v) is 5.46. The molecule has 0 amide bonds. The van der Waals surface area contributed by atoms with Gasteiger partial charge in [0.15, 0.2) is 0 Å². The van der Waals surface area contributed by atoms with Crippen molar-refractivity contribution < 1.29 is 14.3 Å². The molecule has 0 radical (unpaired) electrons. The molecular weight excluding hydrogens is 286 g/mol. The third kappa shape index (κ3) is 3.83. The first-order valence-corrected chi connectivity index (χ1v) is 7.14. The van der Waals surface area contributed by atoms with E-state index in [0.717, 1.165) is 15.4 Å². The van der Waals surface area contributed by atoms with E-state index in [-0.39, 0.29) is 6.61 Å². The number of rotatable bonds is 4. The van der Waals surface area contributed by atoms with Crippen LogP contribution in [0.4, 0.5) is 0 Å². The molecule has 0 saturated heterocycles. The van der Waals surface area contributed by atoms with E-state index in [1.54, 1.807) is 36.6 Å². The highest BCUT2D eigenvalue weighted by atomic mass is 32.1. The van der Waals surface area contributed by atoms with Crippen molar-refractivity contribution in [1.29, 1.82) is 0 Å². The van der Waals surface area contributed by atoms with E-state index < -0.39 is 5.97 Å². The molecule has 0 atom stereocenters. The molecule has 0 spiro atoms. The summed E-state index contributed by atoms with van der Waals surface area (Å²) in [4.78, 5) is 17.2. The van der Waals surface area contributed by atoms with Gasteiger partial charge >= 0.3 is 5.97 Å². The molecular formula is C16H15NO3S. The number of carbonyl (C=O) groups is 1. The van der Waals surface area contributed by atoms with Crippen LogP contribution in [0, 0.1) is 18.8 Å². The van der Waals surface area contributed by atoms with Crippen LogP contribution in [-0.4, -0.2) is 24.7 Å². The van der Waals surface area contributed by atoms with Gasteiger partial charge in [0.05, 0.1) is 12.7 Å². The molecule has 0 aliphatic heterocycles. The highest BCUT2D eigenvalue weighted by Gasteiger charge is 2.12. The van der Waals surface area contributed by atoms with E-state index in [1.807, 2.05) is 13.0 Å². The standard InChI is InChI=1S/C16H15NO3S/c1-4-5-6-20-14-8-12(15-17-10-11(2)21-15)7-13(9-14)16(18)19-3/h7-10H,6H2,1-3H3. The third-order valence-corrected chi connectivity index (χ3v) is 3.65. The van der Waals surface area contributed by atoms with Crippen LogP contribution in [0.3, 0.4) is 0 Å². The zero-order valence-electron chi connectivity index (χ0n) is 12.1. The fourth-order valence-electron chi connectivity index (χ4n) is 1.72. The average molecular weight is 301 g/mol. The lowest BCUT2D eigenvalue weighted by molar-refractivity contribution is 0.0600. The second-order valence-electron chi connectivity index (χ2n) is 4.23. The van der Waals surface area contributed by atoms with Gasteiger partial charge in [-0.05, 0) is 32.0 Å². The number of nitrogens with zero attached hydrogens (tertiary/aromatic N) is 1. The van der Waals surface area contributed by atoms with Gasteiger partial charge in [0.25, 0.3) is 0 Å². The van der Waals surface area contributed by atoms with Crippen molar-refractivity contribution in [2.75, 3.05) is 13.7 Å². The highest BCUT2D eigenvalue weighted by molar-refractivity contribution is 7.14. The summed E-state index contributed by atoms with van der Waals surface area (Å²) in [6, 6.07) is 5.25. The zero-order chi connectivity index (χ0) is 15.2. The monoisotopic (exact) mass is 301 g/mol. The van der Waals surface area contributed by atoms with Gasteiger partial charge in [-0.15, -0.1) is 17.3 Å². The fraction of sp³-hybridized carbons (Fsp3) is 0.250. The number of aromatic nitrogens is 1. The SMILES string of the molecule is CC#CCOc1cc(C(=O)OC)cc(-c2ncc(C)s2)c1. The number of esters is 1. The van der Waals surface area contributed by atoms with Gasteiger partial charge in [-0.25, -0.2) is 9.78 Å². The first-order valence-electron chi connectivity index (χ1n) is 6.32. The quantitative estimate of drug-likeness (QED) is 0.642. The van der Waals surface area contributed by atoms with Gasteiger partial charge in [-0.1, -0.05) is 5.92 Å². The number of carbonyl (C=O) groups excluding carboxylic acids is 1.